The summed E-state index contributed by atoms with van der Waals surface area (Å²) in [6, 6.07) is 9.51. The maximum atomic E-state index is 6.30. The standard InChI is InChI=1S/C15H16Cl2N2/c1-2-7-19-15(11-4-3-8-18-10-11)13-9-12(16)5-6-14(13)17/h3-6,8-10,15,19H,2,7H2,1H3. The molecule has 0 spiro atoms. The maximum absolute atomic E-state index is 6.30. The van der Waals surface area contributed by atoms with Gasteiger partial charge in [0.2, 0.25) is 0 Å². The van der Waals surface area contributed by atoms with Crippen LogP contribution < -0.4 is 5.32 Å². The van der Waals surface area contributed by atoms with Crippen LogP contribution in [-0.2, 0) is 0 Å². The molecule has 2 nitrogen and oxygen atoms in total. The van der Waals surface area contributed by atoms with E-state index < -0.39 is 0 Å². The molecule has 0 fully saturated rings. The molecule has 2 aromatic rings. The Balaban J connectivity index is 2.40. The van der Waals surface area contributed by atoms with Crippen molar-refractivity contribution in [2.24, 2.45) is 0 Å². The van der Waals surface area contributed by atoms with Crippen molar-refractivity contribution in [3.8, 4) is 0 Å². The Labute approximate surface area is 123 Å². The zero-order valence-corrected chi connectivity index (χ0v) is 12.2. The van der Waals surface area contributed by atoms with Gasteiger partial charge in [-0.25, -0.2) is 0 Å². The summed E-state index contributed by atoms with van der Waals surface area (Å²) in [5.41, 5.74) is 2.07. The summed E-state index contributed by atoms with van der Waals surface area (Å²) in [4.78, 5) is 4.18. The molecule has 2 rings (SSSR count). The van der Waals surface area contributed by atoms with E-state index >= 15 is 0 Å². The van der Waals surface area contributed by atoms with Crippen molar-refractivity contribution in [1.29, 1.82) is 0 Å². The minimum Gasteiger partial charge on any atom is -0.306 e. The highest BCUT2D eigenvalue weighted by Crippen LogP contribution is 2.30. The predicted octanol–water partition coefficient (Wildman–Crippen LogP) is 4.48. The molecule has 0 amide bonds. The first-order valence-electron chi connectivity index (χ1n) is 6.30. The fourth-order valence-corrected chi connectivity index (χ4v) is 2.39. The highest BCUT2D eigenvalue weighted by molar-refractivity contribution is 6.33. The first-order chi connectivity index (χ1) is 9.22. The molecule has 4 heteroatoms. The van der Waals surface area contributed by atoms with Crippen LogP contribution in [0.15, 0.2) is 42.7 Å². The van der Waals surface area contributed by atoms with Gasteiger partial charge < -0.3 is 5.32 Å². The minimum atomic E-state index is 0.0137. The smallest absolute Gasteiger partial charge is 0.0607 e. The van der Waals surface area contributed by atoms with Crippen LogP contribution >= 0.6 is 23.2 Å². The van der Waals surface area contributed by atoms with Crippen LogP contribution in [0, 0.1) is 0 Å². The lowest BCUT2D eigenvalue weighted by atomic mass is 10.00. The van der Waals surface area contributed by atoms with Gasteiger partial charge in [-0.3, -0.25) is 4.98 Å². The number of hydrogen-bond acceptors (Lipinski definition) is 2. The molecule has 1 heterocycles. The Bertz CT molecular complexity index is 529. The molecule has 19 heavy (non-hydrogen) atoms. The van der Waals surface area contributed by atoms with Gasteiger partial charge in [0, 0.05) is 22.4 Å². The number of benzene rings is 1. The predicted molar refractivity (Wildman–Crippen MR) is 80.8 cm³/mol. The molecule has 1 unspecified atom stereocenters. The SMILES string of the molecule is CCCNC(c1cccnc1)c1cc(Cl)ccc1Cl. The average Bonchev–Trinajstić information content (AvgIpc) is 2.44. The van der Waals surface area contributed by atoms with Crippen molar-refractivity contribution in [2.45, 2.75) is 19.4 Å². The van der Waals surface area contributed by atoms with E-state index in [1.807, 2.05) is 30.5 Å². The Morgan fingerprint density at radius 3 is 2.79 bits per heavy atom. The molecular formula is C15H16Cl2N2. The summed E-state index contributed by atoms with van der Waals surface area (Å²) in [5.74, 6) is 0. The van der Waals surface area contributed by atoms with Gasteiger partial charge in [-0.1, -0.05) is 36.2 Å². The third-order valence-corrected chi connectivity index (χ3v) is 3.46. The third kappa shape index (κ3) is 3.69. The van der Waals surface area contributed by atoms with E-state index in [-0.39, 0.29) is 6.04 Å². The van der Waals surface area contributed by atoms with Gasteiger partial charge >= 0.3 is 0 Å². The first kappa shape index (κ1) is 14.3. The molecular weight excluding hydrogens is 279 g/mol. The summed E-state index contributed by atoms with van der Waals surface area (Å²) < 4.78 is 0. The lowest BCUT2D eigenvalue weighted by Gasteiger charge is -2.20. The van der Waals surface area contributed by atoms with Crippen LogP contribution in [-0.4, -0.2) is 11.5 Å². The van der Waals surface area contributed by atoms with Gasteiger partial charge in [0.15, 0.2) is 0 Å². The molecule has 0 radical (unpaired) electrons. The molecule has 0 saturated carbocycles. The van der Waals surface area contributed by atoms with Crippen molar-refractivity contribution >= 4 is 23.2 Å². The zero-order chi connectivity index (χ0) is 13.7. The lowest BCUT2D eigenvalue weighted by molar-refractivity contribution is 0.597. The van der Waals surface area contributed by atoms with Gasteiger partial charge in [0.05, 0.1) is 6.04 Å². The van der Waals surface area contributed by atoms with E-state index in [4.69, 9.17) is 23.2 Å². The number of halogens is 2. The summed E-state index contributed by atoms with van der Waals surface area (Å²) in [6.45, 7) is 3.04. The molecule has 1 aromatic heterocycles. The zero-order valence-electron chi connectivity index (χ0n) is 10.7. The Morgan fingerprint density at radius 2 is 2.11 bits per heavy atom. The average molecular weight is 295 g/mol. The second kappa shape index (κ2) is 6.90. The van der Waals surface area contributed by atoms with Crippen molar-refractivity contribution in [3.05, 3.63) is 63.9 Å². The van der Waals surface area contributed by atoms with E-state index in [0.29, 0.717) is 10.0 Å². The number of aromatic nitrogens is 1. The molecule has 1 aromatic carbocycles. The number of hydrogen-bond donors (Lipinski definition) is 1. The second-order valence-electron chi connectivity index (χ2n) is 4.34. The number of rotatable bonds is 5. The third-order valence-electron chi connectivity index (χ3n) is 2.89. The van der Waals surface area contributed by atoms with Crippen LogP contribution in [0.4, 0.5) is 0 Å². The summed E-state index contributed by atoms with van der Waals surface area (Å²) in [5, 5.41) is 4.88. The quantitative estimate of drug-likeness (QED) is 0.880. The van der Waals surface area contributed by atoms with Gasteiger partial charge in [-0.05, 0) is 48.4 Å². The fraction of sp³-hybridized carbons (Fsp3) is 0.267. The highest BCUT2D eigenvalue weighted by atomic mass is 35.5. The normalized spacial score (nSPS) is 12.4. The maximum Gasteiger partial charge on any atom is 0.0607 e. The van der Waals surface area contributed by atoms with E-state index in [1.165, 1.54) is 0 Å². The molecule has 1 N–H and O–H groups in total. The number of nitrogens with one attached hydrogen (secondary N) is 1. The first-order valence-corrected chi connectivity index (χ1v) is 7.06. The monoisotopic (exact) mass is 294 g/mol. The van der Waals surface area contributed by atoms with Gasteiger partial charge in [-0.15, -0.1) is 0 Å². The van der Waals surface area contributed by atoms with Crippen LogP contribution in [0.5, 0.6) is 0 Å². The fourth-order valence-electron chi connectivity index (χ4n) is 1.98. The summed E-state index contributed by atoms with van der Waals surface area (Å²) >= 11 is 12.4. The highest BCUT2D eigenvalue weighted by Gasteiger charge is 2.16. The van der Waals surface area contributed by atoms with Gasteiger partial charge in [0.25, 0.3) is 0 Å². The minimum absolute atomic E-state index is 0.0137. The summed E-state index contributed by atoms with van der Waals surface area (Å²) in [7, 11) is 0. The van der Waals surface area contributed by atoms with Crippen molar-refractivity contribution in [3.63, 3.8) is 0 Å². The lowest BCUT2D eigenvalue weighted by Crippen LogP contribution is -2.23. The van der Waals surface area contributed by atoms with Crippen LogP contribution in [0.3, 0.4) is 0 Å². The van der Waals surface area contributed by atoms with Crippen LogP contribution in [0.25, 0.3) is 0 Å². The van der Waals surface area contributed by atoms with Crippen molar-refractivity contribution in [1.82, 2.24) is 10.3 Å². The summed E-state index contributed by atoms with van der Waals surface area (Å²) in [6.07, 6.45) is 4.67. The number of pyridine rings is 1. The van der Waals surface area contributed by atoms with Gasteiger partial charge in [0.1, 0.15) is 0 Å². The van der Waals surface area contributed by atoms with Crippen molar-refractivity contribution < 1.29 is 0 Å². The van der Waals surface area contributed by atoms with Gasteiger partial charge in [-0.2, -0.15) is 0 Å². The molecule has 0 aliphatic carbocycles. The molecule has 0 bridgehead atoms. The molecule has 0 saturated heterocycles. The topological polar surface area (TPSA) is 24.9 Å². The molecule has 0 aliphatic heterocycles. The van der Waals surface area contributed by atoms with Crippen LogP contribution in [0.2, 0.25) is 10.0 Å². The van der Waals surface area contributed by atoms with Crippen LogP contribution in [0.1, 0.15) is 30.5 Å². The Hall–Kier alpha value is -1.09. The Morgan fingerprint density at radius 1 is 1.26 bits per heavy atom. The second-order valence-corrected chi connectivity index (χ2v) is 5.18. The largest absolute Gasteiger partial charge is 0.306 e. The van der Waals surface area contributed by atoms with E-state index in [0.717, 1.165) is 24.1 Å². The number of nitrogens with zero attached hydrogens (tertiary/aromatic N) is 1. The molecule has 100 valence electrons. The van der Waals surface area contributed by atoms with Crippen molar-refractivity contribution in [2.75, 3.05) is 6.54 Å². The van der Waals surface area contributed by atoms with E-state index in [9.17, 15) is 0 Å². The molecule has 1 atom stereocenters. The van der Waals surface area contributed by atoms with E-state index in [2.05, 4.69) is 17.2 Å². The molecule has 0 aliphatic rings. The van der Waals surface area contributed by atoms with E-state index in [1.54, 1.807) is 12.3 Å². The Kier molecular flexibility index (Phi) is 5.20.